The molecule has 1 aliphatic rings. The lowest BCUT2D eigenvalue weighted by Gasteiger charge is -2.17. The summed E-state index contributed by atoms with van der Waals surface area (Å²) in [5.41, 5.74) is 0. The van der Waals surface area contributed by atoms with Gasteiger partial charge in [0.2, 0.25) is 0 Å². The maximum Gasteiger partial charge on any atom is 0.0218 e. The van der Waals surface area contributed by atoms with Gasteiger partial charge in [0.25, 0.3) is 0 Å². The third-order valence-corrected chi connectivity index (χ3v) is 2.61. The van der Waals surface area contributed by atoms with E-state index in [0.29, 0.717) is 6.04 Å². The molecule has 0 amide bonds. The summed E-state index contributed by atoms with van der Waals surface area (Å²) in [6, 6.07) is 0.712. The van der Waals surface area contributed by atoms with Crippen LogP contribution in [0.25, 0.3) is 0 Å². The van der Waals surface area contributed by atoms with Gasteiger partial charge in [0.1, 0.15) is 0 Å². The molecule has 0 spiro atoms. The largest absolute Gasteiger partial charge is 0.315 e. The van der Waals surface area contributed by atoms with Gasteiger partial charge in [-0.15, -0.1) is 0 Å². The van der Waals surface area contributed by atoms with E-state index in [1.165, 1.54) is 13.0 Å². The number of hydrogen-bond donors (Lipinski definition) is 2. The number of nitrogens with one attached hydrogen (secondary N) is 2. The van der Waals surface area contributed by atoms with Crippen LogP contribution < -0.4 is 10.6 Å². The van der Waals surface area contributed by atoms with E-state index >= 15 is 0 Å². The molecule has 1 fully saturated rings. The van der Waals surface area contributed by atoms with Crippen LogP contribution in [-0.4, -0.2) is 25.7 Å². The van der Waals surface area contributed by atoms with Gasteiger partial charge < -0.3 is 10.6 Å². The molecule has 0 aromatic rings. The Hall–Kier alpha value is -0.0800. The van der Waals surface area contributed by atoms with Crippen molar-refractivity contribution in [2.75, 3.05) is 19.6 Å². The first-order chi connectivity index (χ1) is 5.70. The molecule has 2 unspecified atom stereocenters. The van der Waals surface area contributed by atoms with Gasteiger partial charge in [-0.2, -0.15) is 0 Å². The smallest absolute Gasteiger partial charge is 0.0218 e. The highest BCUT2D eigenvalue weighted by Crippen LogP contribution is 2.13. The van der Waals surface area contributed by atoms with Gasteiger partial charge in [-0.25, -0.2) is 0 Å². The van der Waals surface area contributed by atoms with Crippen LogP contribution in [0.2, 0.25) is 0 Å². The van der Waals surface area contributed by atoms with Crippen molar-refractivity contribution in [1.82, 2.24) is 10.6 Å². The van der Waals surface area contributed by atoms with Crippen LogP contribution in [0.3, 0.4) is 0 Å². The van der Waals surface area contributed by atoms with E-state index in [9.17, 15) is 0 Å². The molecule has 0 aromatic heterocycles. The summed E-state index contributed by atoms with van der Waals surface area (Å²) < 4.78 is 0. The Morgan fingerprint density at radius 3 is 2.75 bits per heavy atom. The molecule has 2 nitrogen and oxygen atoms in total. The summed E-state index contributed by atoms with van der Waals surface area (Å²) in [6.07, 6.45) is 1.34. The van der Waals surface area contributed by atoms with E-state index in [1.54, 1.807) is 0 Å². The van der Waals surface area contributed by atoms with Gasteiger partial charge in [0.05, 0.1) is 0 Å². The van der Waals surface area contributed by atoms with Crippen molar-refractivity contribution >= 4 is 0 Å². The van der Waals surface area contributed by atoms with Gasteiger partial charge in [-0.1, -0.05) is 20.8 Å². The minimum absolute atomic E-state index is 0.712. The average Bonchev–Trinajstić information content (AvgIpc) is 2.36. The van der Waals surface area contributed by atoms with E-state index in [2.05, 4.69) is 31.4 Å². The fourth-order valence-electron chi connectivity index (χ4n) is 1.70. The summed E-state index contributed by atoms with van der Waals surface area (Å²) in [4.78, 5) is 0. The third kappa shape index (κ3) is 3.11. The van der Waals surface area contributed by atoms with Crippen molar-refractivity contribution in [1.29, 1.82) is 0 Å². The topological polar surface area (TPSA) is 24.1 Å². The molecule has 2 heteroatoms. The molecule has 72 valence electrons. The molecule has 2 atom stereocenters. The lowest BCUT2D eigenvalue weighted by molar-refractivity contribution is 0.431. The SMILES string of the molecule is CC(C)CNCC1NCCC1C. The quantitative estimate of drug-likeness (QED) is 0.663. The first kappa shape index (κ1) is 10.0. The van der Waals surface area contributed by atoms with Crippen LogP contribution >= 0.6 is 0 Å². The second-order valence-electron chi connectivity index (χ2n) is 4.38. The minimum Gasteiger partial charge on any atom is -0.315 e. The predicted octanol–water partition coefficient (Wildman–Crippen LogP) is 1.23. The van der Waals surface area contributed by atoms with Crippen LogP contribution in [0, 0.1) is 11.8 Å². The molecule has 1 saturated heterocycles. The van der Waals surface area contributed by atoms with E-state index in [-0.39, 0.29) is 0 Å². The van der Waals surface area contributed by atoms with Crippen molar-refractivity contribution in [2.24, 2.45) is 11.8 Å². The Bertz CT molecular complexity index is 123. The molecule has 0 radical (unpaired) electrons. The summed E-state index contributed by atoms with van der Waals surface area (Å²) in [6.45, 7) is 10.3. The van der Waals surface area contributed by atoms with Crippen molar-refractivity contribution in [3.05, 3.63) is 0 Å². The van der Waals surface area contributed by atoms with Crippen LogP contribution in [0.4, 0.5) is 0 Å². The first-order valence-corrected chi connectivity index (χ1v) is 5.14. The lowest BCUT2D eigenvalue weighted by Crippen LogP contribution is -2.38. The van der Waals surface area contributed by atoms with Crippen molar-refractivity contribution in [3.63, 3.8) is 0 Å². The van der Waals surface area contributed by atoms with E-state index in [4.69, 9.17) is 0 Å². The highest BCUT2D eigenvalue weighted by Gasteiger charge is 2.21. The molecular weight excluding hydrogens is 148 g/mol. The second-order valence-corrected chi connectivity index (χ2v) is 4.38. The fraction of sp³-hybridized carbons (Fsp3) is 1.00. The summed E-state index contributed by atoms with van der Waals surface area (Å²) in [5.74, 6) is 1.62. The molecule has 0 aromatic carbocycles. The molecule has 1 rings (SSSR count). The normalized spacial score (nSPS) is 30.0. The monoisotopic (exact) mass is 170 g/mol. The maximum atomic E-state index is 3.52. The van der Waals surface area contributed by atoms with Gasteiger partial charge in [0.15, 0.2) is 0 Å². The average molecular weight is 170 g/mol. The first-order valence-electron chi connectivity index (χ1n) is 5.14. The molecule has 2 N–H and O–H groups in total. The van der Waals surface area contributed by atoms with Crippen molar-refractivity contribution in [3.8, 4) is 0 Å². The molecule has 0 saturated carbocycles. The zero-order chi connectivity index (χ0) is 8.97. The molecule has 1 heterocycles. The van der Waals surface area contributed by atoms with Gasteiger partial charge in [-0.3, -0.25) is 0 Å². The molecule has 12 heavy (non-hydrogen) atoms. The van der Waals surface area contributed by atoms with E-state index in [0.717, 1.165) is 24.9 Å². The van der Waals surface area contributed by atoms with Gasteiger partial charge in [0, 0.05) is 12.6 Å². The standard InChI is InChI=1S/C10H22N2/c1-8(2)6-11-7-10-9(3)4-5-12-10/h8-12H,4-7H2,1-3H3. The second kappa shape index (κ2) is 4.83. The van der Waals surface area contributed by atoms with Crippen LogP contribution in [-0.2, 0) is 0 Å². The van der Waals surface area contributed by atoms with Crippen molar-refractivity contribution in [2.45, 2.75) is 33.2 Å². The number of rotatable bonds is 4. The van der Waals surface area contributed by atoms with E-state index < -0.39 is 0 Å². The highest BCUT2D eigenvalue weighted by atomic mass is 15.0. The van der Waals surface area contributed by atoms with Gasteiger partial charge in [-0.05, 0) is 31.3 Å². The van der Waals surface area contributed by atoms with Gasteiger partial charge >= 0.3 is 0 Å². The van der Waals surface area contributed by atoms with Crippen molar-refractivity contribution < 1.29 is 0 Å². The zero-order valence-corrected chi connectivity index (χ0v) is 8.56. The highest BCUT2D eigenvalue weighted by molar-refractivity contribution is 4.82. The summed E-state index contributed by atoms with van der Waals surface area (Å²) in [7, 11) is 0. The Morgan fingerprint density at radius 2 is 2.25 bits per heavy atom. The summed E-state index contributed by atoms with van der Waals surface area (Å²) in [5, 5.41) is 7.01. The molecule has 0 aliphatic carbocycles. The predicted molar refractivity (Wildman–Crippen MR) is 53.3 cm³/mol. The zero-order valence-electron chi connectivity index (χ0n) is 8.56. The van der Waals surface area contributed by atoms with Crippen LogP contribution in [0.15, 0.2) is 0 Å². The fourth-order valence-corrected chi connectivity index (χ4v) is 1.70. The molecule has 1 aliphatic heterocycles. The minimum atomic E-state index is 0.712. The maximum absolute atomic E-state index is 3.52. The Kier molecular flexibility index (Phi) is 4.02. The molecular formula is C10H22N2. The number of hydrogen-bond acceptors (Lipinski definition) is 2. The van der Waals surface area contributed by atoms with Crippen LogP contribution in [0.5, 0.6) is 0 Å². The lowest BCUT2D eigenvalue weighted by atomic mass is 10.0. The Morgan fingerprint density at radius 1 is 1.50 bits per heavy atom. The third-order valence-electron chi connectivity index (χ3n) is 2.61. The van der Waals surface area contributed by atoms with Crippen LogP contribution in [0.1, 0.15) is 27.2 Å². The Labute approximate surface area is 76.1 Å². The van der Waals surface area contributed by atoms with E-state index in [1.807, 2.05) is 0 Å². The summed E-state index contributed by atoms with van der Waals surface area (Å²) >= 11 is 0. The molecule has 0 bridgehead atoms. The Balaban J connectivity index is 2.06.